The molecule has 1 aromatic carbocycles. The van der Waals surface area contributed by atoms with E-state index in [2.05, 4.69) is 6.42 Å². The molecule has 1 radical (unpaired) electrons. The summed E-state index contributed by atoms with van der Waals surface area (Å²) in [6, 6.07) is 5.05. The molecule has 0 aliphatic heterocycles. The Kier molecular flexibility index (Phi) is 1.65. The summed E-state index contributed by atoms with van der Waals surface area (Å²) in [5.41, 5.74) is 2.38. The van der Waals surface area contributed by atoms with Crippen molar-refractivity contribution in [3.8, 4) is 0 Å². The Hall–Kier alpha value is -0.850. The lowest BCUT2D eigenvalue weighted by atomic mass is 9.92. The van der Waals surface area contributed by atoms with Crippen LogP contribution in [0.5, 0.6) is 0 Å². The van der Waals surface area contributed by atoms with Gasteiger partial charge in [-0.2, -0.15) is 0 Å². The molecule has 0 amide bonds. The van der Waals surface area contributed by atoms with Crippen LogP contribution in [0.25, 0.3) is 0 Å². The molecule has 0 fully saturated rings. The molecule has 57 valence electrons. The molecule has 0 atom stereocenters. The molecular weight excluding hydrogens is 139 g/mol. The zero-order valence-electron chi connectivity index (χ0n) is 6.31. The Bertz CT molecular complexity index is 266. The van der Waals surface area contributed by atoms with Gasteiger partial charge in [-0.05, 0) is 48.9 Å². The van der Waals surface area contributed by atoms with Crippen LogP contribution in [-0.4, -0.2) is 0 Å². The average molecular weight is 149 g/mol. The molecule has 1 aliphatic rings. The molecular formula is C10H10F. The van der Waals surface area contributed by atoms with Crippen molar-refractivity contribution in [1.29, 1.82) is 0 Å². The Labute approximate surface area is 66.1 Å². The number of hydrogen-bond acceptors (Lipinski definition) is 0. The average Bonchev–Trinajstić information content (AvgIpc) is 2.04. The summed E-state index contributed by atoms with van der Waals surface area (Å²) < 4.78 is 12.7. The Morgan fingerprint density at radius 3 is 3.09 bits per heavy atom. The number of benzene rings is 1. The lowest BCUT2D eigenvalue weighted by molar-refractivity contribution is 0.623. The van der Waals surface area contributed by atoms with Crippen molar-refractivity contribution in [2.24, 2.45) is 0 Å². The topological polar surface area (TPSA) is 0 Å². The van der Waals surface area contributed by atoms with Crippen molar-refractivity contribution in [1.82, 2.24) is 0 Å². The number of hydrogen-bond donors (Lipinski definition) is 0. The second-order valence-corrected chi connectivity index (χ2v) is 2.94. The van der Waals surface area contributed by atoms with Crippen molar-refractivity contribution in [3.63, 3.8) is 0 Å². The highest BCUT2D eigenvalue weighted by molar-refractivity contribution is 5.35. The first-order chi connectivity index (χ1) is 5.36. The van der Waals surface area contributed by atoms with Gasteiger partial charge in [0.05, 0.1) is 0 Å². The van der Waals surface area contributed by atoms with Crippen molar-refractivity contribution in [2.75, 3.05) is 0 Å². The lowest BCUT2D eigenvalue weighted by Crippen LogP contribution is -2.00. The molecule has 1 heteroatoms. The van der Waals surface area contributed by atoms with E-state index in [1.165, 1.54) is 18.1 Å². The minimum Gasteiger partial charge on any atom is -0.207 e. The maximum Gasteiger partial charge on any atom is 0.123 e. The summed E-state index contributed by atoms with van der Waals surface area (Å²) in [5, 5.41) is 0. The van der Waals surface area contributed by atoms with Crippen LogP contribution in [0, 0.1) is 12.2 Å². The van der Waals surface area contributed by atoms with Crippen molar-refractivity contribution >= 4 is 0 Å². The number of rotatable bonds is 0. The fourth-order valence-corrected chi connectivity index (χ4v) is 1.53. The van der Waals surface area contributed by atoms with Gasteiger partial charge in [-0.15, -0.1) is 0 Å². The summed E-state index contributed by atoms with van der Waals surface area (Å²) in [4.78, 5) is 0. The molecule has 0 aromatic heterocycles. The first kappa shape index (κ1) is 6.84. The van der Waals surface area contributed by atoms with E-state index in [0.29, 0.717) is 0 Å². The molecule has 0 saturated carbocycles. The minimum atomic E-state index is -0.123. The van der Waals surface area contributed by atoms with Crippen LogP contribution in [0.2, 0.25) is 0 Å². The zero-order chi connectivity index (χ0) is 7.68. The van der Waals surface area contributed by atoms with E-state index in [4.69, 9.17) is 0 Å². The van der Waals surface area contributed by atoms with Crippen LogP contribution in [-0.2, 0) is 6.42 Å². The second-order valence-electron chi connectivity index (χ2n) is 2.94. The third-order valence-electron chi connectivity index (χ3n) is 2.12. The molecule has 0 spiro atoms. The summed E-state index contributed by atoms with van der Waals surface area (Å²) in [6.45, 7) is 0. The van der Waals surface area contributed by atoms with Gasteiger partial charge in [0.25, 0.3) is 0 Å². The van der Waals surface area contributed by atoms with Gasteiger partial charge in [0, 0.05) is 0 Å². The standard InChI is InChI=1S/C10H10F/c11-10-6-5-8-3-1-2-4-9(8)7-10/h4-7H,1-3H2. The van der Waals surface area contributed by atoms with Gasteiger partial charge in [0.1, 0.15) is 5.82 Å². The van der Waals surface area contributed by atoms with Gasteiger partial charge in [-0.25, -0.2) is 4.39 Å². The van der Waals surface area contributed by atoms with Crippen LogP contribution < -0.4 is 0 Å². The van der Waals surface area contributed by atoms with Crippen LogP contribution in [0.3, 0.4) is 0 Å². The van der Waals surface area contributed by atoms with E-state index in [1.54, 1.807) is 6.07 Å². The molecule has 0 unspecified atom stereocenters. The molecule has 11 heavy (non-hydrogen) atoms. The Morgan fingerprint density at radius 1 is 1.27 bits per heavy atom. The van der Waals surface area contributed by atoms with Crippen LogP contribution in [0.15, 0.2) is 18.2 Å². The molecule has 0 heterocycles. The molecule has 0 N–H and O–H groups in total. The third kappa shape index (κ3) is 1.28. The van der Waals surface area contributed by atoms with Gasteiger partial charge < -0.3 is 0 Å². The maximum atomic E-state index is 12.7. The zero-order valence-corrected chi connectivity index (χ0v) is 6.31. The van der Waals surface area contributed by atoms with Crippen LogP contribution >= 0.6 is 0 Å². The SMILES string of the molecule is Fc1ccc2c(c1)[CH]CCC2. The molecule has 1 aromatic rings. The predicted octanol–water partition coefficient (Wildman–Crippen LogP) is 2.71. The molecule has 2 rings (SSSR count). The Morgan fingerprint density at radius 2 is 2.18 bits per heavy atom. The van der Waals surface area contributed by atoms with Gasteiger partial charge in [0.15, 0.2) is 0 Å². The van der Waals surface area contributed by atoms with E-state index >= 15 is 0 Å². The number of halogens is 1. The smallest absolute Gasteiger partial charge is 0.123 e. The molecule has 0 saturated heterocycles. The fourth-order valence-electron chi connectivity index (χ4n) is 1.53. The van der Waals surface area contributed by atoms with E-state index in [1.807, 2.05) is 6.07 Å². The molecule has 0 bridgehead atoms. The van der Waals surface area contributed by atoms with Gasteiger partial charge in [0.2, 0.25) is 0 Å². The van der Waals surface area contributed by atoms with Crippen molar-refractivity contribution in [2.45, 2.75) is 19.3 Å². The molecule has 0 nitrogen and oxygen atoms in total. The minimum absolute atomic E-state index is 0.123. The van der Waals surface area contributed by atoms with Crippen molar-refractivity contribution in [3.05, 3.63) is 41.6 Å². The van der Waals surface area contributed by atoms with Gasteiger partial charge in [-0.3, -0.25) is 0 Å². The fraction of sp³-hybridized carbons (Fsp3) is 0.300. The maximum absolute atomic E-state index is 12.7. The highest BCUT2D eigenvalue weighted by atomic mass is 19.1. The number of fused-ring (bicyclic) bond motifs is 1. The first-order valence-corrected chi connectivity index (χ1v) is 3.98. The largest absolute Gasteiger partial charge is 0.207 e. The summed E-state index contributed by atoms with van der Waals surface area (Å²) in [7, 11) is 0. The highest BCUT2D eigenvalue weighted by Crippen LogP contribution is 2.22. The van der Waals surface area contributed by atoms with E-state index in [9.17, 15) is 4.39 Å². The van der Waals surface area contributed by atoms with Crippen LogP contribution in [0.4, 0.5) is 4.39 Å². The van der Waals surface area contributed by atoms with Crippen LogP contribution in [0.1, 0.15) is 24.0 Å². The summed E-state index contributed by atoms with van der Waals surface area (Å²) in [6.07, 6.45) is 5.52. The lowest BCUT2D eigenvalue weighted by Gasteiger charge is -2.14. The Balaban J connectivity index is 2.43. The predicted molar refractivity (Wildman–Crippen MR) is 42.7 cm³/mol. The van der Waals surface area contributed by atoms with Gasteiger partial charge >= 0.3 is 0 Å². The van der Waals surface area contributed by atoms with Gasteiger partial charge in [-0.1, -0.05) is 6.07 Å². The normalized spacial score (nSPS) is 16.1. The van der Waals surface area contributed by atoms with E-state index in [0.717, 1.165) is 18.4 Å². The second kappa shape index (κ2) is 2.65. The first-order valence-electron chi connectivity index (χ1n) is 3.98. The van der Waals surface area contributed by atoms with E-state index < -0.39 is 0 Å². The van der Waals surface area contributed by atoms with E-state index in [-0.39, 0.29) is 5.82 Å². The monoisotopic (exact) mass is 149 g/mol. The number of aryl methyl sites for hydroxylation is 1. The highest BCUT2D eigenvalue weighted by Gasteiger charge is 2.08. The quantitative estimate of drug-likeness (QED) is 0.532. The summed E-state index contributed by atoms with van der Waals surface area (Å²) in [5.74, 6) is -0.123. The van der Waals surface area contributed by atoms with Crippen molar-refractivity contribution < 1.29 is 4.39 Å². The third-order valence-corrected chi connectivity index (χ3v) is 2.12. The summed E-state index contributed by atoms with van der Waals surface area (Å²) >= 11 is 0. The molecule has 1 aliphatic carbocycles.